The first-order valence-electron chi connectivity index (χ1n) is 8.79. The van der Waals surface area contributed by atoms with Crippen molar-refractivity contribution < 1.29 is 9.18 Å². The zero-order valence-electron chi connectivity index (χ0n) is 14.6. The lowest BCUT2D eigenvalue weighted by atomic mass is 10.1. The lowest BCUT2D eigenvalue weighted by Crippen LogP contribution is -2.21. The first-order valence-corrected chi connectivity index (χ1v) is 9.87. The maximum Gasteiger partial charge on any atom is 0.256 e. The van der Waals surface area contributed by atoms with E-state index in [0.717, 1.165) is 30.8 Å². The molecule has 5 heteroatoms. The monoisotopic (exact) mass is 472 g/mol. The summed E-state index contributed by atoms with van der Waals surface area (Å²) in [4.78, 5) is 15.0. The highest BCUT2D eigenvalue weighted by atomic mass is 127. The van der Waals surface area contributed by atoms with E-state index in [1.54, 1.807) is 0 Å². The molecule has 0 atom stereocenters. The number of rotatable bonds is 4. The third kappa shape index (κ3) is 3.83. The van der Waals surface area contributed by atoms with Crippen molar-refractivity contribution in [2.75, 3.05) is 16.8 Å². The van der Waals surface area contributed by atoms with Gasteiger partial charge >= 0.3 is 0 Å². The zero-order valence-corrected chi connectivity index (χ0v) is 16.7. The van der Waals surface area contributed by atoms with Gasteiger partial charge in [0.1, 0.15) is 5.82 Å². The first-order chi connectivity index (χ1) is 13.1. The summed E-state index contributed by atoms with van der Waals surface area (Å²) in [5.74, 6) is -0.572. The number of para-hydroxylation sites is 2. The summed E-state index contributed by atoms with van der Waals surface area (Å²) in [5.41, 5.74) is 4.93. The number of anilines is 2. The average molecular weight is 472 g/mol. The number of halogens is 2. The molecule has 0 saturated heterocycles. The van der Waals surface area contributed by atoms with Crippen molar-refractivity contribution in [2.45, 2.75) is 13.0 Å². The summed E-state index contributed by atoms with van der Waals surface area (Å²) < 4.78 is 13.9. The van der Waals surface area contributed by atoms with Crippen LogP contribution in [0.1, 0.15) is 21.5 Å². The van der Waals surface area contributed by atoms with E-state index in [1.807, 2.05) is 46.9 Å². The van der Waals surface area contributed by atoms with Gasteiger partial charge in [-0.1, -0.05) is 36.4 Å². The van der Waals surface area contributed by atoms with Crippen molar-refractivity contribution in [3.8, 4) is 0 Å². The van der Waals surface area contributed by atoms with Crippen molar-refractivity contribution in [3.63, 3.8) is 0 Å². The number of nitrogens with one attached hydrogen (secondary N) is 1. The molecule has 3 aromatic rings. The molecule has 0 aromatic heterocycles. The number of hydrogen-bond acceptors (Lipinski definition) is 2. The Hall–Kier alpha value is -2.41. The lowest BCUT2D eigenvalue weighted by molar-refractivity contribution is 0.102. The van der Waals surface area contributed by atoms with Crippen molar-refractivity contribution in [3.05, 3.63) is 92.8 Å². The van der Waals surface area contributed by atoms with E-state index >= 15 is 0 Å². The van der Waals surface area contributed by atoms with Gasteiger partial charge in [-0.05, 0) is 70.5 Å². The van der Waals surface area contributed by atoms with E-state index in [1.165, 1.54) is 29.4 Å². The van der Waals surface area contributed by atoms with Crippen LogP contribution in [0, 0.1) is 9.39 Å². The summed E-state index contributed by atoms with van der Waals surface area (Å²) in [6.45, 7) is 1.70. The molecule has 0 unspecified atom stereocenters. The quantitative estimate of drug-likeness (QED) is 0.527. The Morgan fingerprint density at radius 3 is 2.70 bits per heavy atom. The number of fused-ring (bicyclic) bond motifs is 1. The van der Waals surface area contributed by atoms with Crippen LogP contribution in [-0.4, -0.2) is 12.5 Å². The largest absolute Gasteiger partial charge is 0.367 e. The van der Waals surface area contributed by atoms with E-state index in [-0.39, 0.29) is 11.7 Å². The van der Waals surface area contributed by atoms with Crippen molar-refractivity contribution >= 4 is 39.9 Å². The molecule has 136 valence electrons. The fraction of sp³-hybridized carbons (Fsp3) is 0.136. The minimum atomic E-state index is -0.343. The maximum atomic E-state index is 13.3. The number of carbonyl (C=O) groups is 1. The van der Waals surface area contributed by atoms with E-state index < -0.39 is 0 Å². The molecule has 4 rings (SSSR count). The Labute approximate surface area is 171 Å². The highest BCUT2D eigenvalue weighted by molar-refractivity contribution is 14.1. The molecule has 0 fully saturated rings. The minimum Gasteiger partial charge on any atom is -0.367 e. The number of nitrogens with zero attached hydrogens (tertiary/aromatic N) is 1. The second kappa shape index (κ2) is 7.68. The fourth-order valence-corrected chi connectivity index (χ4v) is 4.14. The van der Waals surface area contributed by atoms with Gasteiger partial charge in [0.2, 0.25) is 0 Å². The van der Waals surface area contributed by atoms with Gasteiger partial charge in [0, 0.05) is 28.0 Å². The lowest BCUT2D eigenvalue weighted by Gasteiger charge is -2.21. The number of hydrogen-bond donors (Lipinski definition) is 1. The predicted octanol–water partition coefficient (Wildman–Crippen LogP) is 5.25. The molecular weight excluding hydrogens is 454 g/mol. The first kappa shape index (κ1) is 18.0. The molecule has 0 aliphatic carbocycles. The SMILES string of the molecule is O=C(Nc1ccccc1CN1CCc2ccccc21)c1ccc(F)cc1I. The molecule has 1 heterocycles. The van der Waals surface area contributed by atoms with Crippen LogP contribution in [0.2, 0.25) is 0 Å². The second-order valence-electron chi connectivity index (χ2n) is 6.54. The van der Waals surface area contributed by atoms with E-state index in [4.69, 9.17) is 0 Å². The number of amides is 1. The van der Waals surface area contributed by atoms with Gasteiger partial charge in [0.25, 0.3) is 5.91 Å². The van der Waals surface area contributed by atoms with Crippen LogP contribution >= 0.6 is 22.6 Å². The predicted molar refractivity (Wildman–Crippen MR) is 115 cm³/mol. The minimum absolute atomic E-state index is 0.228. The van der Waals surface area contributed by atoms with Crippen molar-refractivity contribution in [2.24, 2.45) is 0 Å². The molecule has 0 spiro atoms. The molecule has 1 N–H and O–H groups in total. The van der Waals surface area contributed by atoms with Crippen LogP contribution in [-0.2, 0) is 13.0 Å². The molecule has 3 aromatic carbocycles. The second-order valence-corrected chi connectivity index (χ2v) is 7.70. The van der Waals surface area contributed by atoms with Crippen LogP contribution < -0.4 is 10.2 Å². The normalized spacial score (nSPS) is 12.7. The van der Waals surface area contributed by atoms with Gasteiger partial charge in [-0.25, -0.2) is 4.39 Å². The molecule has 0 bridgehead atoms. The Morgan fingerprint density at radius 2 is 1.85 bits per heavy atom. The molecule has 0 saturated carbocycles. The van der Waals surface area contributed by atoms with Crippen LogP contribution in [0.25, 0.3) is 0 Å². The molecular formula is C22H18FIN2O. The van der Waals surface area contributed by atoms with Gasteiger partial charge < -0.3 is 10.2 Å². The molecule has 27 heavy (non-hydrogen) atoms. The summed E-state index contributed by atoms with van der Waals surface area (Å²) in [6, 6.07) is 20.5. The molecule has 1 aliphatic heterocycles. The third-order valence-corrected chi connectivity index (χ3v) is 5.68. The Kier molecular flexibility index (Phi) is 5.11. The van der Waals surface area contributed by atoms with Crippen LogP contribution in [0.4, 0.5) is 15.8 Å². The highest BCUT2D eigenvalue weighted by Crippen LogP contribution is 2.30. The zero-order chi connectivity index (χ0) is 18.8. The number of carbonyl (C=O) groups excluding carboxylic acids is 1. The fourth-order valence-electron chi connectivity index (χ4n) is 3.42. The van der Waals surface area contributed by atoms with Gasteiger partial charge in [-0.3, -0.25) is 4.79 Å². The average Bonchev–Trinajstić information content (AvgIpc) is 3.06. The Bertz CT molecular complexity index is 1010. The summed E-state index contributed by atoms with van der Waals surface area (Å²) in [6.07, 6.45) is 1.04. The maximum absolute atomic E-state index is 13.3. The Morgan fingerprint density at radius 1 is 1.07 bits per heavy atom. The molecule has 0 radical (unpaired) electrons. The van der Waals surface area contributed by atoms with Crippen molar-refractivity contribution in [1.29, 1.82) is 0 Å². The van der Waals surface area contributed by atoms with Gasteiger partial charge in [-0.15, -0.1) is 0 Å². The van der Waals surface area contributed by atoms with E-state index in [0.29, 0.717) is 9.13 Å². The van der Waals surface area contributed by atoms with Crippen LogP contribution in [0.3, 0.4) is 0 Å². The standard InChI is InChI=1S/C22H18FIN2O/c23-17-9-10-18(19(24)13-17)22(27)25-20-7-3-1-6-16(20)14-26-12-11-15-5-2-4-8-21(15)26/h1-10,13H,11-12,14H2,(H,25,27). The summed E-state index contributed by atoms with van der Waals surface area (Å²) in [5, 5.41) is 2.99. The third-order valence-electron chi connectivity index (χ3n) is 4.79. The van der Waals surface area contributed by atoms with Crippen LogP contribution in [0.15, 0.2) is 66.7 Å². The van der Waals surface area contributed by atoms with E-state index in [9.17, 15) is 9.18 Å². The smallest absolute Gasteiger partial charge is 0.256 e. The molecule has 3 nitrogen and oxygen atoms in total. The van der Waals surface area contributed by atoms with Crippen LogP contribution in [0.5, 0.6) is 0 Å². The van der Waals surface area contributed by atoms with Crippen molar-refractivity contribution in [1.82, 2.24) is 0 Å². The topological polar surface area (TPSA) is 32.3 Å². The van der Waals surface area contributed by atoms with Gasteiger partial charge in [0.05, 0.1) is 5.56 Å². The van der Waals surface area contributed by atoms with E-state index in [2.05, 4.69) is 34.5 Å². The Balaban J connectivity index is 1.56. The van der Waals surface area contributed by atoms with Gasteiger partial charge in [-0.2, -0.15) is 0 Å². The summed E-state index contributed by atoms with van der Waals surface area (Å²) >= 11 is 1.98. The summed E-state index contributed by atoms with van der Waals surface area (Å²) in [7, 11) is 0. The highest BCUT2D eigenvalue weighted by Gasteiger charge is 2.20. The van der Waals surface area contributed by atoms with Gasteiger partial charge in [0.15, 0.2) is 0 Å². The molecule has 1 amide bonds. The molecule has 1 aliphatic rings. The number of benzene rings is 3.